The smallest absolute Gasteiger partial charge is 0.319 e. The topological polar surface area (TPSA) is 63.2 Å². The van der Waals surface area contributed by atoms with E-state index in [4.69, 9.17) is 4.74 Å². The lowest BCUT2D eigenvalue weighted by Crippen LogP contribution is -2.28. The van der Waals surface area contributed by atoms with Crippen LogP contribution in [0.3, 0.4) is 0 Å². The predicted octanol–water partition coefficient (Wildman–Crippen LogP) is 5.25. The van der Waals surface area contributed by atoms with Gasteiger partial charge in [-0.05, 0) is 77.0 Å². The fraction of sp³-hybridized carbons (Fsp3) is 0.100. The van der Waals surface area contributed by atoms with Crippen LogP contribution in [0.2, 0.25) is 0 Å². The van der Waals surface area contributed by atoms with Crippen LogP contribution in [0.25, 0.3) is 0 Å². The van der Waals surface area contributed by atoms with Crippen LogP contribution in [-0.4, -0.2) is 11.0 Å². The lowest BCUT2D eigenvalue weighted by Gasteiger charge is -2.10. The highest BCUT2D eigenvalue weighted by Crippen LogP contribution is 2.23. The Balaban J connectivity index is 1.59. The Morgan fingerprint density at radius 1 is 1.19 bits per heavy atom. The molecule has 138 valence electrons. The molecule has 0 aliphatic carbocycles. The van der Waals surface area contributed by atoms with E-state index in [0.29, 0.717) is 0 Å². The molecule has 0 radical (unpaired) electrons. The molecule has 7 heteroatoms. The van der Waals surface area contributed by atoms with Crippen LogP contribution < -0.4 is 15.4 Å². The maximum atomic E-state index is 13.7. The molecular formula is C20H17FIN3O2. The number of para-hydroxylation sites is 1. The van der Waals surface area contributed by atoms with Crippen molar-refractivity contribution < 1.29 is 13.9 Å². The van der Waals surface area contributed by atoms with Gasteiger partial charge in [0.2, 0.25) is 5.88 Å². The van der Waals surface area contributed by atoms with Crippen molar-refractivity contribution in [1.29, 1.82) is 0 Å². The molecule has 3 rings (SSSR count). The number of hydrogen-bond acceptors (Lipinski definition) is 3. The van der Waals surface area contributed by atoms with Crippen LogP contribution in [0.15, 0.2) is 60.8 Å². The molecule has 2 N–H and O–H groups in total. The zero-order chi connectivity index (χ0) is 19.2. The second-order valence-corrected chi connectivity index (χ2v) is 7.11. The van der Waals surface area contributed by atoms with Gasteiger partial charge < -0.3 is 15.4 Å². The van der Waals surface area contributed by atoms with Crippen molar-refractivity contribution in [2.24, 2.45) is 0 Å². The van der Waals surface area contributed by atoms with Crippen molar-refractivity contribution in [3.63, 3.8) is 0 Å². The van der Waals surface area contributed by atoms with Gasteiger partial charge in [0, 0.05) is 28.1 Å². The number of nitrogens with one attached hydrogen (secondary N) is 2. The van der Waals surface area contributed by atoms with Crippen molar-refractivity contribution in [3.05, 3.63) is 81.3 Å². The first-order valence-corrected chi connectivity index (χ1v) is 9.27. The molecular weight excluding hydrogens is 460 g/mol. The lowest BCUT2D eigenvalue weighted by atomic mass is 10.2. The Hall–Kier alpha value is -2.68. The Labute approximate surface area is 170 Å². The van der Waals surface area contributed by atoms with E-state index in [1.807, 2.05) is 25.1 Å². The number of carbonyl (C=O) groups excluding carboxylic acids is 1. The summed E-state index contributed by atoms with van der Waals surface area (Å²) in [6, 6.07) is 15.0. The third-order valence-electron chi connectivity index (χ3n) is 3.60. The fourth-order valence-electron chi connectivity index (χ4n) is 2.42. The summed E-state index contributed by atoms with van der Waals surface area (Å²) in [7, 11) is 0. The van der Waals surface area contributed by atoms with E-state index in [1.54, 1.807) is 30.5 Å². The van der Waals surface area contributed by atoms with Gasteiger partial charge in [0.1, 0.15) is 0 Å². The highest BCUT2D eigenvalue weighted by molar-refractivity contribution is 14.1. The molecule has 3 aromatic rings. The minimum absolute atomic E-state index is 0.0990. The standard InChI is InChI=1S/C20H17FIN3O2/c1-13-8-15(22)11-16(9-13)25-20(26)24-12-14-6-7-23-19(10-14)27-18-5-3-2-4-17(18)21/h2-11H,12H2,1H3,(H2,24,25,26). The quantitative estimate of drug-likeness (QED) is 0.494. The summed E-state index contributed by atoms with van der Waals surface area (Å²) in [4.78, 5) is 16.2. The van der Waals surface area contributed by atoms with Gasteiger partial charge in [0.25, 0.3) is 0 Å². The fourth-order valence-corrected chi connectivity index (χ4v) is 3.25. The van der Waals surface area contributed by atoms with E-state index in [9.17, 15) is 9.18 Å². The summed E-state index contributed by atoms with van der Waals surface area (Å²) in [5.74, 6) is -0.107. The van der Waals surface area contributed by atoms with E-state index in [-0.39, 0.29) is 24.2 Å². The van der Waals surface area contributed by atoms with Gasteiger partial charge in [0.15, 0.2) is 11.6 Å². The van der Waals surface area contributed by atoms with E-state index < -0.39 is 5.82 Å². The van der Waals surface area contributed by atoms with Crippen LogP contribution in [0, 0.1) is 16.3 Å². The number of ether oxygens (including phenoxy) is 1. The van der Waals surface area contributed by atoms with Crippen molar-refractivity contribution >= 4 is 34.3 Å². The molecule has 0 unspecified atom stereocenters. The van der Waals surface area contributed by atoms with Crippen LogP contribution in [0.1, 0.15) is 11.1 Å². The minimum Gasteiger partial charge on any atom is -0.436 e. The molecule has 0 aliphatic heterocycles. The van der Waals surface area contributed by atoms with Gasteiger partial charge in [-0.3, -0.25) is 0 Å². The lowest BCUT2D eigenvalue weighted by molar-refractivity contribution is 0.251. The second-order valence-electron chi connectivity index (χ2n) is 5.86. The maximum Gasteiger partial charge on any atom is 0.319 e. The van der Waals surface area contributed by atoms with Gasteiger partial charge in [0.05, 0.1) is 0 Å². The van der Waals surface area contributed by atoms with Gasteiger partial charge in [-0.25, -0.2) is 14.2 Å². The van der Waals surface area contributed by atoms with Crippen LogP contribution in [-0.2, 0) is 6.54 Å². The summed E-state index contributed by atoms with van der Waals surface area (Å²) in [5.41, 5.74) is 2.58. The van der Waals surface area contributed by atoms with Crippen molar-refractivity contribution in [2.75, 3.05) is 5.32 Å². The van der Waals surface area contributed by atoms with Gasteiger partial charge in [-0.15, -0.1) is 0 Å². The van der Waals surface area contributed by atoms with E-state index in [1.165, 1.54) is 12.1 Å². The number of pyridine rings is 1. The highest BCUT2D eigenvalue weighted by atomic mass is 127. The number of nitrogens with zero attached hydrogens (tertiary/aromatic N) is 1. The van der Waals surface area contributed by atoms with Crippen LogP contribution in [0.5, 0.6) is 11.6 Å². The number of urea groups is 1. The number of aryl methyl sites for hydroxylation is 1. The Morgan fingerprint density at radius 2 is 2.00 bits per heavy atom. The summed E-state index contributed by atoms with van der Waals surface area (Å²) in [6.07, 6.45) is 1.55. The molecule has 0 fully saturated rings. The largest absolute Gasteiger partial charge is 0.436 e. The first-order chi connectivity index (χ1) is 13.0. The number of rotatable bonds is 5. The molecule has 27 heavy (non-hydrogen) atoms. The third-order valence-corrected chi connectivity index (χ3v) is 4.23. The molecule has 0 saturated carbocycles. The number of carbonyl (C=O) groups is 1. The van der Waals surface area contributed by atoms with Gasteiger partial charge in [-0.2, -0.15) is 0 Å². The molecule has 2 aromatic carbocycles. The number of halogens is 2. The maximum absolute atomic E-state index is 13.7. The average molecular weight is 477 g/mol. The molecule has 1 aromatic heterocycles. The normalized spacial score (nSPS) is 10.3. The molecule has 2 amide bonds. The van der Waals surface area contributed by atoms with Crippen molar-refractivity contribution in [2.45, 2.75) is 13.5 Å². The van der Waals surface area contributed by atoms with E-state index in [0.717, 1.165) is 20.4 Å². The Kier molecular flexibility index (Phi) is 6.23. The summed E-state index contributed by atoms with van der Waals surface area (Å²) in [6.45, 7) is 2.25. The van der Waals surface area contributed by atoms with Gasteiger partial charge >= 0.3 is 6.03 Å². The zero-order valence-electron chi connectivity index (χ0n) is 14.5. The summed E-state index contributed by atoms with van der Waals surface area (Å²) >= 11 is 2.20. The Morgan fingerprint density at radius 3 is 2.78 bits per heavy atom. The third kappa shape index (κ3) is 5.65. The number of aromatic nitrogens is 1. The molecule has 0 saturated heterocycles. The molecule has 0 atom stereocenters. The highest BCUT2D eigenvalue weighted by Gasteiger charge is 2.07. The SMILES string of the molecule is Cc1cc(I)cc(NC(=O)NCc2ccnc(Oc3ccccc3F)c2)c1. The van der Waals surface area contributed by atoms with E-state index >= 15 is 0 Å². The first kappa shape index (κ1) is 19.1. The van der Waals surface area contributed by atoms with Crippen molar-refractivity contribution in [3.8, 4) is 11.6 Å². The Bertz CT molecular complexity index is 945. The monoisotopic (exact) mass is 477 g/mol. The minimum atomic E-state index is -0.463. The molecule has 0 spiro atoms. The molecule has 1 heterocycles. The second kappa shape index (κ2) is 8.81. The molecule has 0 bridgehead atoms. The number of hydrogen-bond donors (Lipinski definition) is 2. The average Bonchev–Trinajstić information content (AvgIpc) is 2.61. The summed E-state index contributed by atoms with van der Waals surface area (Å²) < 4.78 is 20.2. The molecule has 5 nitrogen and oxygen atoms in total. The number of benzene rings is 2. The number of amides is 2. The van der Waals surface area contributed by atoms with Gasteiger partial charge in [-0.1, -0.05) is 12.1 Å². The van der Waals surface area contributed by atoms with Crippen LogP contribution >= 0.6 is 22.6 Å². The van der Waals surface area contributed by atoms with Crippen molar-refractivity contribution in [1.82, 2.24) is 10.3 Å². The van der Waals surface area contributed by atoms with Crippen LogP contribution in [0.4, 0.5) is 14.9 Å². The summed E-state index contributed by atoms with van der Waals surface area (Å²) in [5, 5.41) is 5.58. The zero-order valence-corrected chi connectivity index (χ0v) is 16.7. The van der Waals surface area contributed by atoms with E-state index in [2.05, 4.69) is 38.2 Å². The number of anilines is 1. The first-order valence-electron chi connectivity index (χ1n) is 8.19. The predicted molar refractivity (Wildman–Crippen MR) is 110 cm³/mol. The molecule has 0 aliphatic rings.